The number of amidine groups is 1. The molecule has 0 atom stereocenters. The number of nitrogens with one attached hydrogen (secondary N) is 1. The number of aryl methyl sites for hydroxylation is 1. The maximum Gasteiger partial charge on any atom is 0.156 e. The van der Waals surface area contributed by atoms with Crippen molar-refractivity contribution in [1.29, 1.82) is 0 Å². The SMILES string of the molecule is CC1(C)CCSC(=NCCCn2ccnn2)N1. The first-order chi connectivity index (χ1) is 8.16. The van der Waals surface area contributed by atoms with Crippen LogP contribution in [0, 0.1) is 0 Å². The molecule has 5 nitrogen and oxygen atoms in total. The summed E-state index contributed by atoms with van der Waals surface area (Å²) in [5.41, 5.74) is 0.190. The zero-order valence-corrected chi connectivity index (χ0v) is 11.2. The maximum atomic E-state index is 4.59. The molecule has 0 saturated carbocycles. The van der Waals surface area contributed by atoms with E-state index in [0.29, 0.717) is 0 Å². The van der Waals surface area contributed by atoms with Gasteiger partial charge in [0.15, 0.2) is 5.17 Å². The topological polar surface area (TPSA) is 55.1 Å². The fourth-order valence-corrected chi connectivity index (χ4v) is 2.98. The molecule has 0 aliphatic carbocycles. The van der Waals surface area contributed by atoms with Gasteiger partial charge in [0.2, 0.25) is 0 Å². The van der Waals surface area contributed by atoms with Crippen molar-refractivity contribution in [2.75, 3.05) is 12.3 Å². The minimum absolute atomic E-state index is 0.190. The maximum absolute atomic E-state index is 4.59. The number of hydrogen-bond acceptors (Lipinski definition) is 4. The van der Waals surface area contributed by atoms with Gasteiger partial charge in [0.05, 0.1) is 6.20 Å². The van der Waals surface area contributed by atoms with E-state index in [1.807, 2.05) is 22.6 Å². The van der Waals surface area contributed by atoms with E-state index in [0.717, 1.165) is 30.4 Å². The second-order valence-corrected chi connectivity index (χ2v) is 5.90. The third-order valence-corrected chi connectivity index (χ3v) is 3.60. The smallest absolute Gasteiger partial charge is 0.156 e. The first-order valence-corrected chi connectivity index (χ1v) is 6.94. The van der Waals surface area contributed by atoms with Crippen LogP contribution in [0.3, 0.4) is 0 Å². The lowest BCUT2D eigenvalue weighted by Crippen LogP contribution is -2.46. The van der Waals surface area contributed by atoms with Crippen LogP contribution in [-0.2, 0) is 6.54 Å². The minimum atomic E-state index is 0.190. The van der Waals surface area contributed by atoms with E-state index in [-0.39, 0.29) is 5.54 Å². The van der Waals surface area contributed by atoms with E-state index in [1.54, 1.807) is 6.20 Å². The van der Waals surface area contributed by atoms with Crippen LogP contribution in [0.15, 0.2) is 17.4 Å². The van der Waals surface area contributed by atoms with E-state index in [2.05, 4.69) is 34.5 Å². The van der Waals surface area contributed by atoms with Crippen LogP contribution < -0.4 is 5.32 Å². The summed E-state index contributed by atoms with van der Waals surface area (Å²) in [4.78, 5) is 4.59. The second-order valence-electron chi connectivity index (χ2n) is 4.81. The van der Waals surface area contributed by atoms with Crippen LogP contribution in [0.4, 0.5) is 0 Å². The van der Waals surface area contributed by atoms with Crippen molar-refractivity contribution >= 4 is 16.9 Å². The lowest BCUT2D eigenvalue weighted by Gasteiger charge is -2.32. The Balaban J connectivity index is 1.73. The summed E-state index contributed by atoms with van der Waals surface area (Å²) in [6.07, 6.45) is 5.77. The normalized spacial score (nSPS) is 21.4. The number of hydrogen-bond donors (Lipinski definition) is 1. The molecule has 1 fully saturated rings. The van der Waals surface area contributed by atoms with Gasteiger partial charge in [-0.3, -0.25) is 9.67 Å². The fraction of sp³-hybridized carbons (Fsp3) is 0.727. The molecule has 0 unspecified atom stereocenters. The molecule has 1 saturated heterocycles. The average Bonchev–Trinajstić information content (AvgIpc) is 2.76. The summed E-state index contributed by atoms with van der Waals surface area (Å²) >= 11 is 1.82. The van der Waals surface area contributed by atoms with Gasteiger partial charge in [0.25, 0.3) is 0 Å². The largest absolute Gasteiger partial charge is 0.360 e. The third kappa shape index (κ3) is 4.03. The predicted octanol–water partition coefficient (Wildman–Crippen LogP) is 1.53. The summed E-state index contributed by atoms with van der Waals surface area (Å²) in [6, 6.07) is 0. The Bertz CT molecular complexity index is 371. The molecule has 94 valence electrons. The molecule has 1 aromatic heterocycles. The lowest BCUT2D eigenvalue weighted by atomic mass is 10.0. The van der Waals surface area contributed by atoms with Crippen LogP contribution in [0.1, 0.15) is 26.7 Å². The zero-order chi connectivity index (χ0) is 12.1. The van der Waals surface area contributed by atoms with E-state index < -0.39 is 0 Å². The Kier molecular flexibility index (Phi) is 4.04. The summed E-state index contributed by atoms with van der Waals surface area (Å²) in [5, 5.41) is 12.2. The molecule has 2 heterocycles. The van der Waals surface area contributed by atoms with Crippen molar-refractivity contribution in [3.8, 4) is 0 Å². The van der Waals surface area contributed by atoms with E-state index >= 15 is 0 Å². The van der Waals surface area contributed by atoms with Gasteiger partial charge in [0.1, 0.15) is 0 Å². The van der Waals surface area contributed by atoms with Gasteiger partial charge in [0, 0.05) is 30.6 Å². The molecule has 1 N–H and O–H groups in total. The van der Waals surface area contributed by atoms with Gasteiger partial charge in [-0.05, 0) is 26.7 Å². The van der Waals surface area contributed by atoms with Crippen molar-refractivity contribution in [2.45, 2.75) is 38.8 Å². The van der Waals surface area contributed by atoms with E-state index in [9.17, 15) is 0 Å². The Morgan fingerprint density at radius 3 is 3.18 bits per heavy atom. The third-order valence-electron chi connectivity index (χ3n) is 2.68. The molecular formula is C11H19N5S. The first-order valence-electron chi connectivity index (χ1n) is 5.95. The van der Waals surface area contributed by atoms with Crippen LogP contribution >= 0.6 is 11.8 Å². The molecule has 1 aliphatic rings. The average molecular weight is 253 g/mol. The molecule has 0 amide bonds. The predicted molar refractivity (Wildman–Crippen MR) is 71.2 cm³/mol. The molecule has 1 aromatic rings. The molecule has 0 spiro atoms. The number of aliphatic imine (C=N–C) groups is 1. The van der Waals surface area contributed by atoms with E-state index in [1.165, 1.54) is 6.42 Å². The molecule has 17 heavy (non-hydrogen) atoms. The highest BCUT2D eigenvalue weighted by atomic mass is 32.2. The van der Waals surface area contributed by atoms with Crippen molar-refractivity contribution in [3.05, 3.63) is 12.4 Å². The quantitative estimate of drug-likeness (QED) is 0.827. The van der Waals surface area contributed by atoms with Crippen LogP contribution in [0.25, 0.3) is 0 Å². The Morgan fingerprint density at radius 1 is 1.59 bits per heavy atom. The zero-order valence-electron chi connectivity index (χ0n) is 10.4. The molecule has 0 radical (unpaired) electrons. The molecule has 0 bridgehead atoms. The van der Waals surface area contributed by atoms with Gasteiger partial charge in [-0.2, -0.15) is 0 Å². The molecule has 0 aromatic carbocycles. The molecule has 6 heteroatoms. The summed E-state index contributed by atoms with van der Waals surface area (Å²) < 4.78 is 1.84. The standard InChI is InChI=1S/C11H19N5S/c1-11(2)4-9-17-10(14-11)12-5-3-7-16-8-6-13-15-16/h6,8H,3-5,7,9H2,1-2H3,(H,12,14). The van der Waals surface area contributed by atoms with Crippen LogP contribution in [-0.4, -0.2) is 38.0 Å². The van der Waals surface area contributed by atoms with Gasteiger partial charge in [-0.25, -0.2) is 0 Å². The second kappa shape index (κ2) is 5.53. The molecule has 1 aliphatic heterocycles. The molecular weight excluding hydrogens is 234 g/mol. The monoisotopic (exact) mass is 253 g/mol. The van der Waals surface area contributed by atoms with Crippen molar-refractivity contribution in [1.82, 2.24) is 20.3 Å². The fourth-order valence-electron chi connectivity index (χ4n) is 1.64. The van der Waals surface area contributed by atoms with Crippen LogP contribution in [0.5, 0.6) is 0 Å². The summed E-state index contributed by atoms with van der Waals surface area (Å²) in [6.45, 7) is 6.16. The number of thioether (sulfide) groups is 1. The summed E-state index contributed by atoms with van der Waals surface area (Å²) in [5.74, 6) is 1.15. The highest BCUT2D eigenvalue weighted by Crippen LogP contribution is 2.21. The van der Waals surface area contributed by atoms with Crippen molar-refractivity contribution in [2.24, 2.45) is 4.99 Å². The number of aromatic nitrogens is 3. The van der Waals surface area contributed by atoms with Gasteiger partial charge < -0.3 is 5.32 Å². The van der Waals surface area contributed by atoms with Gasteiger partial charge in [-0.1, -0.05) is 17.0 Å². The Labute approximate surface area is 106 Å². The van der Waals surface area contributed by atoms with Gasteiger partial charge in [-0.15, -0.1) is 5.10 Å². The van der Waals surface area contributed by atoms with Crippen molar-refractivity contribution < 1.29 is 0 Å². The number of nitrogens with zero attached hydrogens (tertiary/aromatic N) is 4. The first kappa shape index (κ1) is 12.4. The Hall–Kier alpha value is -1.04. The van der Waals surface area contributed by atoms with E-state index in [4.69, 9.17) is 0 Å². The number of rotatable bonds is 4. The van der Waals surface area contributed by atoms with Crippen LogP contribution in [0.2, 0.25) is 0 Å². The molecule has 2 rings (SSSR count). The summed E-state index contributed by atoms with van der Waals surface area (Å²) in [7, 11) is 0. The van der Waals surface area contributed by atoms with Crippen molar-refractivity contribution in [3.63, 3.8) is 0 Å². The lowest BCUT2D eigenvalue weighted by molar-refractivity contribution is 0.446. The highest BCUT2D eigenvalue weighted by Gasteiger charge is 2.23. The Morgan fingerprint density at radius 2 is 2.47 bits per heavy atom. The highest BCUT2D eigenvalue weighted by molar-refractivity contribution is 8.13. The minimum Gasteiger partial charge on any atom is -0.360 e. The van der Waals surface area contributed by atoms with Gasteiger partial charge >= 0.3 is 0 Å².